The Bertz CT molecular complexity index is 226. The molecule has 8 heteroatoms. The first-order valence-electron chi connectivity index (χ1n) is 3.28. The van der Waals surface area contributed by atoms with Gasteiger partial charge in [-0.3, -0.25) is 4.79 Å². The number of azide groups is 1. The molecule has 0 aliphatic carbocycles. The summed E-state index contributed by atoms with van der Waals surface area (Å²) in [5.41, 5.74) is 7.80. The molecule has 0 unspecified atom stereocenters. The standard InChI is InChI=1S/C5H9N3O5/c6-8-7-5(13)4(12)3(11)2(10)1-9/h2-4,9-12H,1H2/t2-,3+,4-/m1/s1. The van der Waals surface area contributed by atoms with E-state index in [1.54, 1.807) is 0 Å². The molecule has 0 radical (unpaired) electrons. The van der Waals surface area contributed by atoms with Crippen LogP contribution in [0.5, 0.6) is 0 Å². The minimum atomic E-state index is -2.03. The summed E-state index contributed by atoms with van der Waals surface area (Å²) in [6.07, 6.45) is -5.56. The molecule has 0 aromatic heterocycles. The summed E-state index contributed by atoms with van der Waals surface area (Å²) in [6, 6.07) is 0. The van der Waals surface area contributed by atoms with Crippen molar-refractivity contribution in [2.75, 3.05) is 6.61 Å². The Balaban J connectivity index is 4.32. The Morgan fingerprint density at radius 2 is 2.00 bits per heavy atom. The van der Waals surface area contributed by atoms with Crippen molar-refractivity contribution in [3.8, 4) is 0 Å². The van der Waals surface area contributed by atoms with Crippen LogP contribution in [0.2, 0.25) is 0 Å². The predicted octanol–water partition coefficient (Wildman–Crippen LogP) is -2.10. The van der Waals surface area contributed by atoms with Crippen LogP contribution in [-0.2, 0) is 4.79 Å². The molecule has 74 valence electrons. The fourth-order valence-corrected chi connectivity index (χ4v) is 0.568. The SMILES string of the molecule is [N-]=[N+]=NC(=O)[C@H](O)[C@@H](O)[C@H](O)CO. The highest BCUT2D eigenvalue weighted by molar-refractivity contribution is 5.81. The molecule has 13 heavy (non-hydrogen) atoms. The first kappa shape index (κ1) is 11.8. The van der Waals surface area contributed by atoms with Gasteiger partial charge >= 0.3 is 0 Å². The van der Waals surface area contributed by atoms with Gasteiger partial charge in [0.1, 0.15) is 18.3 Å². The topological polar surface area (TPSA) is 147 Å². The van der Waals surface area contributed by atoms with E-state index in [1.807, 2.05) is 0 Å². The highest BCUT2D eigenvalue weighted by atomic mass is 16.4. The number of aliphatic hydroxyl groups is 4. The van der Waals surface area contributed by atoms with Gasteiger partial charge in [0.25, 0.3) is 0 Å². The first-order chi connectivity index (χ1) is 6.04. The predicted molar refractivity (Wildman–Crippen MR) is 39.3 cm³/mol. The normalized spacial score (nSPS) is 16.9. The second-order valence-corrected chi connectivity index (χ2v) is 2.21. The lowest BCUT2D eigenvalue weighted by molar-refractivity contribution is -0.139. The van der Waals surface area contributed by atoms with Gasteiger partial charge in [0.15, 0.2) is 0 Å². The van der Waals surface area contributed by atoms with Gasteiger partial charge in [0.2, 0.25) is 5.91 Å². The molecule has 3 atom stereocenters. The van der Waals surface area contributed by atoms with Gasteiger partial charge in [-0.15, -0.1) is 0 Å². The Morgan fingerprint density at radius 3 is 2.38 bits per heavy atom. The number of amides is 1. The van der Waals surface area contributed by atoms with Crippen molar-refractivity contribution in [3.63, 3.8) is 0 Å². The third kappa shape index (κ3) is 3.36. The average molecular weight is 191 g/mol. The number of nitrogens with zero attached hydrogens (tertiary/aromatic N) is 3. The van der Waals surface area contributed by atoms with Crippen molar-refractivity contribution in [2.45, 2.75) is 18.3 Å². The molecule has 8 nitrogen and oxygen atoms in total. The van der Waals surface area contributed by atoms with Crippen molar-refractivity contribution >= 4 is 5.91 Å². The minimum Gasteiger partial charge on any atom is -0.394 e. The van der Waals surface area contributed by atoms with E-state index in [1.165, 1.54) is 0 Å². The highest BCUT2D eigenvalue weighted by Crippen LogP contribution is 2.01. The fourth-order valence-electron chi connectivity index (χ4n) is 0.568. The summed E-state index contributed by atoms with van der Waals surface area (Å²) in [5.74, 6) is -1.32. The second-order valence-electron chi connectivity index (χ2n) is 2.21. The van der Waals surface area contributed by atoms with Crippen LogP contribution in [-0.4, -0.2) is 51.3 Å². The Morgan fingerprint density at radius 1 is 1.46 bits per heavy atom. The lowest BCUT2D eigenvalue weighted by Gasteiger charge is -2.18. The van der Waals surface area contributed by atoms with Crippen LogP contribution in [0.3, 0.4) is 0 Å². The van der Waals surface area contributed by atoms with E-state index in [0.29, 0.717) is 0 Å². The molecule has 0 aliphatic rings. The summed E-state index contributed by atoms with van der Waals surface area (Å²) in [5, 5.41) is 37.4. The molecular formula is C5H9N3O5. The van der Waals surface area contributed by atoms with Crippen molar-refractivity contribution in [1.82, 2.24) is 0 Å². The van der Waals surface area contributed by atoms with Gasteiger partial charge in [0.05, 0.1) is 6.61 Å². The lowest BCUT2D eigenvalue weighted by Crippen LogP contribution is -2.43. The molecule has 0 bridgehead atoms. The molecule has 1 amide bonds. The maximum Gasteiger partial charge on any atom is 0.250 e. The Labute approximate surface area is 72.7 Å². The van der Waals surface area contributed by atoms with E-state index in [2.05, 4.69) is 10.0 Å². The maximum absolute atomic E-state index is 10.6. The quantitative estimate of drug-likeness (QED) is 0.228. The number of hydrogen-bond donors (Lipinski definition) is 4. The maximum atomic E-state index is 10.6. The molecule has 0 spiro atoms. The van der Waals surface area contributed by atoms with Gasteiger partial charge in [-0.25, -0.2) is 0 Å². The minimum absolute atomic E-state index is 0.818. The van der Waals surface area contributed by atoms with E-state index in [0.717, 1.165) is 0 Å². The number of carbonyl (C=O) groups excluding carboxylic acids is 1. The largest absolute Gasteiger partial charge is 0.394 e. The zero-order chi connectivity index (χ0) is 10.4. The molecule has 0 heterocycles. The van der Waals surface area contributed by atoms with E-state index >= 15 is 0 Å². The second kappa shape index (κ2) is 5.46. The van der Waals surface area contributed by atoms with E-state index < -0.39 is 30.8 Å². The molecule has 0 saturated carbocycles. The first-order valence-corrected chi connectivity index (χ1v) is 3.28. The van der Waals surface area contributed by atoms with Crippen LogP contribution < -0.4 is 0 Å². The fraction of sp³-hybridized carbons (Fsp3) is 0.800. The Hall–Kier alpha value is -1.18. The van der Waals surface area contributed by atoms with Gasteiger partial charge in [0, 0.05) is 4.91 Å². The van der Waals surface area contributed by atoms with Gasteiger partial charge < -0.3 is 20.4 Å². The molecule has 0 aliphatic heterocycles. The number of carbonyl (C=O) groups is 1. The van der Waals surface area contributed by atoms with Gasteiger partial charge in [-0.05, 0) is 10.6 Å². The summed E-state index contributed by atoms with van der Waals surface area (Å²) >= 11 is 0. The van der Waals surface area contributed by atoms with E-state index in [-0.39, 0.29) is 0 Å². The van der Waals surface area contributed by atoms with Gasteiger partial charge in [-0.2, -0.15) is 0 Å². The molecule has 0 aromatic rings. The molecule has 0 fully saturated rings. The number of rotatable bonds is 4. The number of aliphatic hydroxyl groups excluding tert-OH is 4. The summed E-state index contributed by atoms with van der Waals surface area (Å²) in [4.78, 5) is 12.7. The number of hydrogen-bond acceptors (Lipinski definition) is 5. The molecule has 0 aromatic carbocycles. The monoisotopic (exact) mass is 191 g/mol. The zero-order valence-electron chi connectivity index (χ0n) is 6.48. The molecular weight excluding hydrogens is 182 g/mol. The van der Waals surface area contributed by atoms with Crippen molar-refractivity contribution in [2.24, 2.45) is 5.11 Å². The molecule has 0 rings (SSSR count). The summed E-state index contributed by atoms with van der Waals surface area (Å²) < 4.78 is 0. The van der Waals surface area contributed by atoms with Crippen LogP contribution in [0.1, 0.15) is 0 Å². The summed E-state index contributed by atoms with van der Waals surface area (Å²) in [7, 11) is 0. The highest BCUT2D eigenvalue weighted by Gasteiger charge is 2.28. The van der Waals surface area contributed by atoms with Crippen LogP contribution in [0.4, 0.5) is 0 Å². The van der Waals surface area contributed by atoms with Crippen molar-refractivity contribution in [1.29, 1.82) is 0 Å². The van der Waals surface area contributed by atoms with Crippen molar-refractivity contribution < 1.29 is 25.2 Å². The van der Waals surface area contributed by atoms with Crippen LogP contribution in [0, 0.1) is 0 Å². The average Bonchev–Trinajstić information content (AvgIpc) is 2.14. The van der Waals surface area contributed by atoms with Crippen molar-refractivity contribution in [3.05, 3.63) is 10.4 Å². The molecule has 0 saturated heterocycles. The van der Waals surface area contributed by atoms with Crippen LogP contribution in [0.15, 0.2) is 5.11 Å². The summed E-state index contributed by atoms with van der Waals surface area (Å²) in [6.45, 7) is -0.818. The molecule has 4 N–H and O–H groups in total. The van der Waals surface area contributed by atoms with Crippen LogP contribution >= 0.6 is 0 Å². The van der Waals surface area contributed by atoms with E-state index in [4.69, 9.17) is 26.0 Å². The zero-order valence-corrected chi connectivity index (χ0v) is 6.48. The third-order valence-corrected chi connectivity index (χ3v) is 1.30. The van der Waals surface area contributed by atoms with Gasteiger partial charge in [-0.1, -0.05) is 0 Å². The smallest absolute Gasteiger partial charge is 0.250 e. The third-order valence-electron chi connectivity index (χ3n) is 1.30. The van der Waals surface area contributed by atoms with E-state index in [9.17, 15) is 4.79 Å². The van der Waals surface area contributed by atoms with Crippen LogP contribution in [0.25, 0.3) is 10.4 Å². The lowest BCUT2D eigenvalue weighted by atomic mass is 10.1. The Kier molecular flexibility index (Phi) is 4.97.